The summed E-state index contributed by atoms with van der Waals surface area (Å²) in [4.78, 5) is 6.85. The van der Waals surface area contributed by atoms with E-state index in [0.29, 0.717) is 6.61 Å². The predicted octanol–water partition coefficient (Wildman–Crippen LogP) is 0.886. The number of rotatable bonds is 2. The molecule has 0 spiro atoms. The lowest BCUT2D eigenvalue weighted by molar-refractivity contribution is 0.321. The molecule has 0 amide bonds. The highest BCUT2D eigenvalue weighted by Crippen LogP contribution is 2.10. The van der Waals surface area contributed by atoms with Crippen LogP contribution in [0.25, 0.3) is 0 Å². The van der Waals surface area contributed by atoms with E-state index >= 15 is 0 Å². The molecule has 0 aliphatic heterocycles. The summed E-state index contributed by atoms with van der Waals surface area (Å²) in [5.41, 5.74) is -0.128. The summed E-state index contributed by atoms with van der Waals surface area (Å²) < 4.78 is 17.3. The van der Waals surface area contributed by atoms with Crippen LogP contribution in [0.4, 0.5) is 4.39 Å². The van der Waals surface area contributed by atoms with E-state index in [1.807, 2.05) is 0 Å². The molecule has 5 heteroatoms. The zero-order valence-electron chi connectivity index (χ0n) is 6.41. The van der Waals surface area contributed by atoms with Gasteiger partial charge in [0.1, 0.15) is 6.07 Å². The Hall–Kier alpha value is -1.70. The van der Waals surface area contributed by atoms with Gasteiger partial charge >= 0.3 is 0 Å². The quantitative estimate of drug-likeness (QED) is 0.656. The lowest BCUT2D eigenvalue weighted by atomic mass is 10.5. The van der Waals surface area contributed by atoms with Crippen LogP contribution in [0.5, 0.6) is 5.88 Å². The summed E-state index contributed by atoms with van der Waals surface area (Å²) in [5.74, 6) is -0.712. The zero-order chi connectivity index (χ0) is 8.97. The van der Waals surface area contributed by atoms with E-state index in [1.165, 1.54) is 0 Å². The largest absolute Gasteiger partial charge is 0.476 e. The molecule has 1 aromatic heterocycles. The summed E-state index contributed by atoms with van der Waals surface area (Å²) in [6.07, 6.45) is 0.909. The van der Waals surface area contributed by atoms with Gasteiger partial charge in [-0.15, -0.1) is 0 Å². The number of hydrogen-bond acceptors (Lipinski definition) is 4. The molecule has 0 saturated carbocycles. The number of aromatic nitrogens is 2. The molecule has 62 valence electrons. The minimum absolute atomic E-state index is 0.0707. The molecule has 0 unspecified atom stereocenters. The van der Waals surface area contributed by atoms with E-state index in [1.54, 1.807) is 13.0 Å². The summed E-state index contributed by atoms with van der Waals surface area (Å²) >= 11 is 0. The summed E-state index contributed by atoms with van der Waals surface area (Å²) in [6, 6.07) is 1.68. The summed E-state index contributed by atoms with van der Waals surface area (Å²) in [6.45, 7) is 2.11. The van der Waals surface area contributed by atoms with Gasteiger partial charge in [0.25, 0.3) is 5.88 Å². The average Bonchev–Trinajstić information content (AvgIpc) is 2.08. The Balaban J connectivity index is 3.05. The van der Waals surface area contributed by atoms with E-state index in [-0.39, 0.29) is 11.6 Å². The van der Waals surface area contributed by atoms with Crippen LogP contribution in [0.1, 0.15) is 12.6 Å². The minimum Gasteiger partial charge on any atom is -0.476 e. The van der Waals surface area contributed by atoms with E-state index in [4.69, 9.17) is 10.00 Å². The number of halogens is 1. The first-order valence-electron chi connectivity index (χ1n) is 3.33. The average molecular weight is 167 g/mol. The van der Waals surface area contributed by atoms with Crippen LogP contribution >= 0.6 is 0 Å². The first kappa shape index (κ1) is 8.40. The summed E-state index contributed by atoms with van der Waals surface area (Å²) in [7, 11) is 0. The second kappa shape index (κ2) is 3.62. The fourth-order valence-electron chi connectivity index (χ4n) is 0.672. The predicted molar refractivity (Wildman–Crippen MR) is 37.9 cm³/mol. The van der Waals surface area contributed by atoms with Crippen molar-refractivity contribution in [2.45, 2.75) is 6.92 Å². The molecule has 1 heterocycles. The van der Waals surface area contributed by atoms with Crippen molar-refractivity contribution in [2.24, 2.45) is 0 Å². The fourth-order valence-corrected chi connectivity index (χ4v) is 0.672. The van der Waals surface area contributed by atoms with Gasteiger partial charge in [-0.05, 0) is 6.92 Å². The second-order valence-corrected chi connectivity index (χ2v) is 1.89. The Labute approximate surface area is 68.6 Å². The van der Waals surface area contributed by atoms with E-state index < -0.39 is 5.95 Å². The van der Waals surface area contributed by atoms with Crippen molar-refractivity contribution in [3.8, 4) is 11.9 Å². The van der Waals surface area contributed by atoms with Crippen LogP contribution in [0.15, 0.2) is 6.20 Å². The van der Waals surface area contributed by atoms with Gasteiger partial charge in [0.15, 0.2) is 0 Å². The molecule has 1 rings (SSSR count). The number of nitrogens with zero attached hydrogens (tertiary/aromatic N) is 3. The lowest BCUT2D eigenvalue weighted by Gasteiger charge is -2.01. The van der Waals surface area contributed by atoms with Gasteiger partial charge in [-0.25, -0.2) is 9.97 Å². The van der Waals surface area contributed by atoms with Gasteiger partial charge in [0, 0.05) is 0 Å². The molecule has 0 saturated heterocycles. The molecular formula is C7H6FN3O. The third kappa shape index (κ3) is 1.66. The van der Waals surface area contributed by atoms with Gasteiger partial charge in [-0.3, -0.25) is 0 Å². The Kier molecular flexibility index (Phi) is 2.53. The van der Waals surface area contributed by atoms with E-state index in [2.05, 4.69) is 9.97 Å². The highest BCUT2D eigenvalue weighted by atomic mass is 19.1. The molecule has 0 atom stereocenters. The van der Waals surface area contributed by atoms with E-state index in [9.17, 15) is 4.39 Å². The highest BCUT2D eigenvalue weighted by Gasteiger charge is 2.06. The van der Waals surface area contributed by atoms with Crippen molar-refractivity contribution in [3.05, 3.63) is 17.8 Å². The molecule has 0 N–H and O–H groups in total. The number of nitriles is 1. The fraction of sp³-hybridized carbons (Fsp3) is 0.286. The van der Waals surface area contributed by atoms with Gasteiger partial charge in [0.05, 0.1) is 12.8 Å². The number of ether oxygens (including phenoxy) is 1. The molecule has 0 fully saturated rings. The van der Waals surface area contributed by atoms with Crippen molar-refractivity contribution in [1.82, 2.24) is 9.97 Å². The smallest absolute Gasteiger partial charge is 0.251 e. The van der Waals surface area contributed by atoms with Crippen molar-refractivity contribution < 1.29 is 9.13 Å². The zero-order valence-corrected chi connectivity index (χ0v) is 6.41. The van der Waals surface area contributed by atoms with Crippen LogP contribution < -0.4 is 4.74 Å². The molecule has 0 aliphatic rings. The molecule has 0 aromatic carbocycles. The molecule has 0 radical (unpaired) electrons. The Morgan fingerprint density at radius 2 is 2.50 bits per heavy atom. The Bertz CT molecular complexity index is 321. The maximum absolute atomic E-state index is 12.4. The van der Waals surface area contributed by atoms with Crippen LogP contribution in [-0.2, 0) is 0 Å². The van der Waals surface area contributed by atoms with Crippen LogP contribution in [0, 0.1) is 17.3 Å². The van der Waals surface area contributed by atoms with Crippen molar-refractivity contribution >= 4 is 0 Å². The van der Waals surface area contributed by atoms with Gasteiger partial charge in [-0.2, -0.15) is 9.65 Å². The highest BCUT2D eigenvalue weighted by molar-refractivity contribution is 5.30. The van der Waals surface area contributed by atoms with Crippen LogP contribution in [0.2, 0.25) is 0 Å². The van der Waals surface area contributed by atoms with Crippen LogP contribution in [-0.4, -0.2) is 16.6 Å². The SMILES string of the molecule is CCOc1ncc(F)nc1C#N. The van der Waals surface area contributed by atoms with Gasteiger partial charge < -0.3 is 4.74 Å². The van der Waals surface area contributed by atoms with E-state index in [0.717, 1.165) is 6.20 Å². The second-order valence-electron chi connectivity index (χ2n) is 1.89. The van der Waals surface area contributed by atoms with Gasteiger partial charge in [0.2, 0.25) is 11.6 Å². The van der Waals surface area contributed by atoms with Crippen molar-refractivity contribution in [1.29, 1.82) is 5.26 Å². The molecule has 12 heavy (non-hydrogen) atoms. The summed E-state index contributed by atoms with van der Waals surface area (Å²) in [5, 5.41) is 8.47. The van der Waals surface area contributed by atoms with Crippen LogP contribution in [0.3, 0.4) is 0 Å². The monoisotopic (exact) mass is 167 g/mol. The Morgan fingerprint density at radius 3 is 3.08 bits per heavy atom. The maximum atomic E-state index is 12.4. The normalized spacial score (nSPS) is 9.08. The van der Waals surface area contributed by atoms with Crippen molar-refractivity contribution in [3.63, 3.8) is 0 Å². The third-order valence-electron chi connectivity index (χ3n) is 1.10. The minimum atomic E-state index is -0.782. The first-order chi connectivity index (χ1) is 5.77. The van der Waals surface area contributed by atoms with Crippen molar-refractivity contribution in [2.75, 3.05) is 6.61 Å². The molecule has 4 nitrogen and oxygen atoms in total. The molecule has 0 bridgehead atoms. The maximum Gasteiger partial charge on any atom is 0.251 e. The topological polar surface area (TPSA) is 58.8 Å². The standard InChI is InChI=1S/C7H6FN3O/c1-2-12-7-5(3-9)11-6(8)4-10-7/h4H,2H2,1H3. The molecule has 1 aromatic rings. The first-order valence-corrected chi connectivity index (χ1v) is 3.33. The number of hydrogen-bond donors (Lipinski definition) is 0. The van der Waals surface area contributed by atoms with Gasteiger partial charge in [-0.1, -0.05) is 0 Å². The molecule has 0 aliphatic carbocycles. The lowest BCUT2D eigenvalue weighted by Crippen LogP contribution is -2.00. The third-order valence-corrected chi connectivity index (χ3v) is 1.10. The molecular weight excluding hydrogens is 161 g/mol. The Morgan fingerprint density at radius 1 is 1.75 bits per heavy atom.